The van der Waals surface area contributed by atoms with Crippen LogP contribution in [0.5, 0.6) is 0 Å². The van der Waals surface area contributed by atoms with E-state index in [-0.39, 0.29) is 46.1 Å². The Morgan fingerprint density at radius 3 is 2.33 bits per heavy atom. The van der Waals surface area contributed by atoms with Crippen LogP contribution in [0.4, 0.5) is 38.0 Å². The van der Waals surface area contributed by atoms with Crippen LogP contribution in [0.15, 0.2) is 48.9 Å². The van der Waals surface area contributed by atoms with Gasteiger partial charge < -0.3 is 10.1 Å². The largest absolute Gasteiger partial charge is 0.418 e. The highest BCUT2D eigenvalue weighted by molar-refractivity contribution is 5.89. The monoisotopic (exact) mass is 563 g/mol. The number of alkyl halides is 6. The van der Waals surface area contributed by atoms with Crippen molar-refractivity contribution in [1.82, 2.24) is 29.8 Å². The number of fused-ring (bicyclic) bond motifs is 1. The van der Waals surface area contributed by atoms with Crippen molar-refractivity contribution in [2.24, 2.45) is 0 Å². The first-order chi connectivity index (χ1) is 18.9. The van der Waals surface area contributed by atoms with E-state index in [0.29, 0.717) is 31.7 Å². The maximum Gasteiger partial charge on any atom is 0.418 e. The van der Waals surface area contributed by atoms with Gasteiger partial charge in [0.25, 0.3) is 0 Å². The van der Waals surface area contributed by atoms with Gasteiger partial charge in [-0.3, -0.25) is 9.88 Å². The van der Waals surface area contributed by atoms with Crippen molar-refractivity contribution in [3.8, 4) is 11.3 Å². The maximum absolute atomic E-state index is 13.7. The number of pyridine rings is 3. The molecule has 1 N–H and O–H groups in total. The number of nitrogens with one attached hydrogen (secondary N) is 1. The predicted molar refractivity (Wildman–Crippen MR) is 133 cm³/mol. The molecule has 0 bridgehead atoms. The molecular weight excluding hydrogens is 540 g/mol. The molecule has 5 heterocycles. The Labute approximate surface area is 224 Å². The van der Waals surface area contributed by atoms with Crippen LogP contribution in [-0.2, 0) is 23.6 Å². The molecule has 0 aromatic carbocycles. The van der Waals surface area contributed by atoms with Crippen LogP contribution >= 0.6 is 0 Å². The predicted octanol–water partition coefficient (Wildman–Crippen LogP) is 5.87. The number of hydrogen-bond acceptors (Lipinski definition) is 8. The quantitative estimate of drug-likeness (QED) is 0.302. The van der Waals surface area contributed by atoms with Crippen molar-refractivity contribution >= 4 is 22.7 Å². The number of halogens is 6. The molecule has 1 fully saturated rings. The van der Waals surface area contributed by atoms with Crippen molar-refractivity contribution in [1.29, 1.82) is 0 Å². The highest BCUT2D eigenvalue weighted by atomic mass is 19.4. The Morgan fingerprint density at radius 1 is 0.925 bits per heavy atom. The first-order valence-electron chi connectivity index (χ1n) is 12.2. The van der Waals surface area contributed by atoms with Crippen LogP contribution in [0.2, 0.25) is 0 Å². The molecule has 210 valence electrons. The number of anilines is 2. The van der Waals surface area contributed by atoms with Crippen molar-refractivity contribution in [2.75, 3.05) is 18.4 Å². The minimum atomic E-state index is -4.64. The average molecular weight is 564 g/mol. The van der Waals surface area contributed by atoms with E-state index < -0.39 is 23.5 Å². The van der Waals surface area contributed by atoms with E-state index in [2.05, 4.69) is 35.1 Å². The van der Waals surface area contributed by atoms with Crippen LogP contribution in [0.3, 0.4) is 0 Å². The summed E-state index contributed by atoms with van der Waals surface area (Å²) >= 11 is 0. The first-order valence-corrected chi connectivity index (χ1v) is 12.2. The minimum Gasteiger partial charge on any atom is -0.373 e. The molecule has 4 aromatic rings. The zero-order valence-corrected chi connectivity index (χ0v) is 21.3. The summed E-state index contributed by atoms with van der Waals surface area (Å²) in [4.78, 5) is 23.3. The molecule has 1 saturated heterocycles. The number of hydrogen-bond donors (Lipinski definition) is 1. The fraction of sp³-hybridized carbons (Fsp3) is 0.346. The van der Waals surface area contributed by atoms with Gasteiger partial charge in [-0.05, 0) is 44.2 Å². The standard InChI is InChI=1S/C26H23F6N7O/c1-14-11-39(12-15(2)40-14)13-21-36-19-8-16(22-18(26(30,31)32)4-3-7-33-22)9-35-23(19)24(38-21)37-20-6-5-17(10-34-20)25(27,28)29/h3-10,14-15H,11-13H2,1-2H3,(H,34,36,37,38)/t14-,15+. The molecule has 4 aromatic heterocycles. The third-order valence-corrected chi connectivity index (χ3v) is 6.17. The highest BCUT2D eigenvalue weighted by Crippen LogP contribution is 2.36. The second-order valence-electron chi connectivity index (χ2n) is 9.48. The Bertz CT molecular complexity index is 1500. The average Bonchev–Trinajstić information content (AvgIpc) is 2.87. The van der Waals surface area contributed by atoms with Crippen LogP contribution in [-0.4, -0.2) is 55.1 Å². The van der Waals surface area contributed by atoms with E-state index in [1.54, 1.807) is 0 Å². The zero-order chi connectivity index (χ0) is 28.7. The van der Waals surface area contributed by atoms with Crippen molar-refractivity contribution in [2.45, 2.75) is 45.0 Å². The second-order valence-corrected chi connectivity index (χ2v) is 9.48. The summed E-state index contributed by atoms with van der Waals surface area (Å²) in [6.45, 7) is 5.39. The number of rotatable bonds is 5. The Balaban J connectivity index is 1.57. The molecule has 0 aliphatic carbocycles. The molecular formula is C26H23F6N7O. The summed E-state index contributed by atoms with van der Waals surface area (Å²) in [5, 5.41) is 2.88. The van der Waals surface area contributed by atoms with E-state index in [0.717, 1.165) is 18.2 Å². The van der Waals surface area contributed by atoms with Crippen LogP contribution in [0.25, 0.3) is 22.3 Å². The van der Waals surface area contributed by atoms with Crippen molar-refractivity contribution < 1.29 is 31.1 Å². The summed E-state index contributed by atoms with van der Waals surface area (Å²) < 4.78 is 85.7. The number of morpholine rings is 1. The van der Waals surface area contributed by atoms with E-state index in [9.17, 15) is 26.3 Å². The van der Waals surface area contributed by atoms with Crippen LogP contribution in [0.1, 0.15) is 30.8 Å². The normalized spacial score (nSPS) is 18.7. The molecule has 1 aliphatic rings. The van der Waals surface area contributed by atoms with E-state index in [1.165, 1.54) is 24.5 Å². The molecule has 0 radical (unpaired) electrons. The van der Waals surface area contributed by atoms with Gasteiger partial charge in [0.1, 0.15) is 17.2 Å². The fourth-order valence-electron chi connectivity index (χ4n) is 4.59. The van der Waals surface area contributed by atoms with E-state index >= 15 is 0 Å². The smallest absolute Gasteiger partial charge is 0.373 e. The molecule has 40 heavy (non-hydrogen) atoms. The van der Waals surface area contributed by atoms with Gasteiger partial charge in [0, 0.05) is 37.2 Å². The van der Waals surface area contributed by atoms with Gasteiger partial charge in [0.15, 0.2) is 5.82 Å². The fourth-order valence-corrected chi connectivity index (χ4v) is 4.59. The van der Waals surface area contributed by atoms with Gasteiger partial charge in [-0.1, -0.05) is 0 Å². The third kappa shape index (κ3) is 6.12. The second kappa shape index (κ2) is 10.6. The lowest BCUT2D eigenvalue weighted by Gasteiger charge is -2.34. The van der Waals surface area contributed by atoms with Gasteiger partial charge >= 0.3 is 12.4 Å². The highest BCUT2D eigenvalue weighted by Gasteiger charge is 2.34. The van der Waals surface area contributed by atoms with Crippen molar-refractivity contribution in [3.63, 3.8) is 0 Å². The SMILES string of the molecule is C[C@@H]1CN(Cc2nc(Nc3ccc(C(F)(F)F)cn3)c3ncc(-c4ncccc4C(F)(F)F)cc3n2)C[C@H](C)O1. The van der Waals surface area contributed by atoms with Gasteiger partial charge in [0.2, 0.25) is 0 Å². The maximum atomic E-state index is 13.7. The Morgan fingerprint density at radius 2 is 1.68 bits per heavy atom. The molecule has 0 amide bonds. The molecule has 0 saturated carbocycles. The number of ether oxygens (including phenoxy) is 1. The van der Waals surface area contributed by atoms with Gasteiger partial charge in [0.05, 0.1) is 41.1 Å². The molecule has 2 atom stereocenters. The van der Waals surface area contributed by atoms with Gasteiger partial charge in [-0.25, -0.2) is 19.9 Å². The van der Waals surface area contributed by atoms with E-state index in [1.807, 2.05) is 13.8 Å². The molecule has 1 aliphatic heterocycles. The number of nitrogens with zero attached hydrogens (tertiary/aromatic N) is 6. The molecule has 8 nitrogen and oxygen atoms in total. The molecule has 5 rings (SSSR count). The molecule has 0 unspecified atom stereocenters. The lowest BCUT2D eigenvalue weighted by molar-refractivity contribution is -0.138. The molecule has 14 heteroatoms. The lowest BCUT2D eigenvalue weighted by Crippen LogP contribution is -2.45. The van der Waals surface area contributed by atoms with Crippen LogP contribution in [0, 0.1) is 0 Å². The van der Waals surface area contributed by atoms with Crippen LogP contribution < -0.4 is 5.32 Å². The molecule has 0 spiro atoms. The minimum absolute atomic E-state index is 0.0311. The first kappa shape index (κ1) is 27.6. The lowest BCUT2D eigenvalue weighted by atomic mass is 10.1. The number of aromatic nitrogens is 5. The third-order valence-electron chi connectivity index (χ3n) is 6.17. The Hall–Kier alpha value is -3.91. The Kier molecular flexibility index (Phi) is 7.31. The summed E-state index contributed by atoms with van der Waals surface area (Å²) in [5.41, 5.74) is -1.63. The van der Waals surface area contributed by atoms with Gasteiger partial charge in [-0.2, -0.15) is 26.3 Å². The summed E-state index contributed by atoms with van der Waals surface area (Å²) in [7, 11) is 0. The summed E-state index contributed by atoms with van der Waals surface area (Å²) in [6, 6.07) is 5.59. The van der Waals surface area contributed by atoms with E-state index in [4.69, 9.17) is 4.74 Å². The summed E-state index contributed by atoms with van der Waals surface area (Å²) in [6.07, 6.45) is -6.09. The van der Waals surface area contributed by atoms with Gasteiger partial charge in [-0.15, -0.1) is 0 Å². The summed E-state index contributed by atoms with van der Waals surface area (Å²) in [5.74, 6) is 0.548. The topological polar surface area (TPSA) is 89.0 Å². The zero-order valence-electron chi connectivity index (χ0n) is 21.3. The van der Waals surface area contributed by atoms with Crippen molar-refractivity contribution in [3.05, 3.63) is 65.9 Å².